The number of aryl methyl sites for hydroxylation is 1. The Morgan fingerprint density at radius 2 is 2.00 bits per heavy atom. The van der Waals surface area contributed by atoms with Crippen LogP contribution >= 0.6 is 0 Å². The van der Waals surface area contributed by atoms with E-state index in [1.54, 1.807) is 6.33 Å². The molecule has 0 unspecified atom stereocenters. The number of aromatic nitrogens is 4. The number of esters is 1. The summed E-state index contributed by atoms with van der Waals surface area (Å²) in [5.74, 6) is 0.344. The van der Waals surface area contributed by atoms with Gasteiger partial charge in [-0.1, -0.05) is 45.0 Å². The molecule has 4 atom stereocenters. The zero-order valence-electron chi connectivity index (χ0n) is 22.5. The standard InChI is InChI=1S/C27H37N5O4Si/c1-17(33)35-22-13-19(14-34-37(5,6)27(2,3)4)36-26(22)32-16-30-23-24(28-15-29-25(23)32)31-21-12-11-18-9-7-8-10-20(18)21/h7-10,15-16,19,21-22,26H,11-14H2,1-6H3,(H,28,29,31)/t19-,21+,22+,26-/m1/s1. The van der Waals surface area contributed by atoms with Crippen molar-refractivity contribution in [3.8, 4) is 0 Å². The summed E-state index contributed by atoms with van der Waals surface area (Å²) in [5.41, 5.74) is 3.97. The number of rotatable bonds is 7. The topological polar surface area (TPSA) is 100 Å². The van der Waals surface area contributed by atoms with Crippen molar-refractivity contribution >= 4 is 31.3 Å². The van der Waals surface area contributed by atoms with Crippen LogP contribution in [0, 0.1) is 0 Å². The van der Waals surface area contributed by atoms with E-state index in [0.717, 1.165) is 12.8 Å². The maximum atomic E-state index is 11.9. The summed E-state index contributed by atoms with van der Waals surface area (Å²) < 4.78 is 20.4. The number of fused-ring (bicyclic) bond motifs is 2. The van der Waals surface area contributed by atoms with Gasteiger partial charge in [0.25, 0.3) is 0 Å². The Morgan fingerprint density at radius 3 is 2.76 bits per heavy atom. The van der Waals surface area contributed by atoms with Gasteiger partial charge in [-0.2, -0.15) is 0 Å². The van der Waals surface area contributed by atoms with Crippen LogP contribution in [-0.4, -0.2) is 52.6 Å². The number of carbonyl (C=O) groups is 1. The number of hydrogen-bond donors (Lipinski definition) is 1. The van der Waals surface area contributed by atoms with E-state index in [2.05, 4.69) is 78.4 Å². The van der Waals surface area contributed by atoms with Crippen LogP contribution in [-0.2, 0) is 25.1 Å². The first kappa shape index (κ1) is 25.8. The number of hydrogen-bond acceptors (Lipinski definition) is 8. The second kappa shape index (κ2) is 9.81. The first-order valence-electron chi connectivity index (χ1n) is 13.0. The molecule has 2 aromatic heterocycles. The van der Waals surface area contributed by atoms with Gasteiger partial charge >= 0.3 is 5.97 Å². The third kappa shape index (κ3) is 5.14. The van der Waals surface area contributed by atoms with E-state index in [-0.39, 0.29) is 23.2 Å². The molecule has 2 aliphatic rings. The van der Waals surface area contributed by atoms with Crippen molar-refractivity contribution in [3.63, 3.8) is 0 Å². The Kier molecular flexibility index (Phi) is 6.84. The van der Waals surface area contributed by atoms with Crippen LogP contribution in [0.3, 0.4) is 0 Å². The Balaban J connectivity index is 1.38. The molecule has 3 heterocycles. The van der Waals surface area contributed by atoms with Crippen molar-refractivity contribution in [2.24, 2.45) is 0 Å². The van der Waals surface area contributed by atoms with Gasteiger partial charge in [0.05, 0.1) is 25.1 Å². The molecule has 0 bridgehead atoms. The van der Waals surface area contributed by atoms with Crippen LogP contribution in [0.2, 0.25) is 18.1 Å². The first-order chi connectivity index (χ1) is 17.5. The minimum atomic E-state index is -1.94. The number of nitrogens with zero attached hydrogens (tertiary/aromatic N) is 4. The second-order valence-electron chi connectivity index (χ2n) is 11.6. The molecule has 198 valence electrons. The number of benzene rings is 1. The largest absolute Gasteiger partial charge is 0.458 e. The van der Waals surface area contributed by atoms with E-state index in [9.17, 15) is 4.79 Å². The fraction of sp³-hybridized carbons (Fsp3) is 0.556. The molecule has 1 N–H and O–H groups in total. The lowest BCUT2D eigenvalue weighted by atomic mass is 10.1. The van der Waals surface area contributed by atoms with E-state index < -0.39 is 20.6 Å². The normalized spacial score (nSPS) is 23.8. The predicted molar refractivity (Wildman–Crippen MR) is 144 cm³/mol. The molecular formula is C27H37N5O4Si. The number of anilines is 1. The van der Waals surface area contributed by atoms with Gasteiger partial charge in [-0.15, -0.1) is 0 Å². The minimum absolute atomic E-state index is 0.0982. The quantitative estimate of drug-likeness (QED) is 0.335. The molecule has 10 heteroatoms. The summed E-state index contributed by atoms with van der Waals surface area (Å²) in [7, 11) is -1.94. The number of imidazole rings is 1. The zero-order valence-corrected chi connectivity index (χ0v) is 23.5. The highest BCUT2D eigenvalue weighted by molar-refractivity contribution is 6.74. The number of nitrogens with one attached hydrogen (secondary N) is 1. The molecular weight excluding hydrogens is 486 g/mol. The molecule has 1 aliphatic carbocycles. The fourth-order valence-corrected chi connectivity index (χ4v) is 5.96. The van der Waals surface area contributed by atoms with Gasteiger partial charge in [0.2, 0.25) is 0 Å². The SMILES string of the molecule is CC(=O)O[C@H]1C[C@H](CO[Si](C)(C)C(C)(C)C)O[C@H]1n1cnc2c(N[C@H]3CCc4ccccc43)ncnc21. The minimum Gasteiger partial charge on any atom is -0.458 e. The van der Waals surface area contributed by atoms with Gasteiger partial charge in [0.15, 0.2) is 31.5 Å². The Hall–Kier alpha value is -2.82. The molecule has 0 amide bonds. The van der Waals surface area contributed by atoms with Crippen molar-refractivity contribution in [2.45, 2.75) is 89.6 Å². The summed E-state index contributed by atoms with van der Waals surface area (Å²) >= 11 is 0. The van der Waals surface area contributed by atoms with Crippen LogP contribution in [0.5, 0.6) is 0 Å². The van der Waals surface area contributed by atoms with Gasteiger partial charge in [0, 0.05) is 13.3 Å². The summed E-state index contributed by atoms with van der Waals surface area (Å²) in [5, 5.41) is 3.68. The molecule has 0 radical (unpaired) electrons. The van der Waals surface area contributed by atoms with Crippen molar-refractivity contribution in [2.75, 3.05) is 11.9 Å². The maximum Gasteiger partial charge on any atom is 0.303 e. The van der Waals surface area contributed by atoms with E-state index in [1.165, 1.54) is 24.4 Å². The zero-order chi connectivity index (χ0) is 26.4. The summed E-state index contributed by atoms with van der Waals surface area (Å²) in [6, 6.07) is 8.67. The van der Waals surface area contributed by atoms with Crippen molar-refractivity contribution in [1.82, 2.24) is 19.5 Å². The lowest BCUT2D eigenvalue weighted by molar-refractivity contribution is -0.152. The van der Waals surface area contributed by atoms with E-state index >= 15 is 0 Å². The summed E-state index contributed by atoms with van der Waals surface area (Å²) in [6.07, 6.45) is 4.62. The van der Waals surface area contributed by atoms with Gasteiger partial charge in [0.1, 0.15) is 12.4 Å². The van der Waals surface area contributed by atoms with Crippen LogP contribution in [0.1, 0.15) is 63.9 Å². The van der Waals surface area contributed by atoms with Crippen LogP contribution in [0.25, 0.3) is 11.2 Å². The lowest BCUT2D eigenvalue weighted by Crippen LogP contribution is -2.42. The van der Waals surface area contributed by atoms with Gasteiger partial charge in [-0.3, -0.25) is 9.36 Å². The Labute approximate surface area is 219 Å². The highest BCUT2D eigenvalue weighted by Crippen LogP contribution is 2.39. The summed E-state index contributed by atoms with van der Waals surface area (Å²) in [4.78, 5) is 25.6. The predicted octanol–water partition coefficient (Wildman–Crippen LogP) is 5.17. The molecule has 1 aromatic carbocycles. The molecule has 3 aromatic rings. The number of carbonyl (C=O) groups excluding carboxylic acids is 1. The monoisotopic (exact) mass is 523 g/mol. The first-order valence-corrected chi connectivity index (χ1v) is 15.9. The van der Waals surface area contributed by atoms with Crippen LogP contribution in [0.4, 0.5) is 5.82 Å². The van der Waals surface area contributed by atoms with Crippen LogP contribution < -0.4 is 5.32 Å². The van der Waals surface area contributed by atoms with E-state index in [0.29, 0.717) is 30.0 Å². The molecule has 1 saturated heterocycles. The summed E-state index contributed by atoms with van der Waals surface area (Å²) in [6.45, 7) is 13.0. The molecule has 1 aliphatic heterocycles. The van der Waals surface area contributed by atoms with Gasteiger partial charge < -0.3 is 19.2 Å². The Bertz CT molecular complexity index is 1290. The third-order valence-electron chi connectivity index (χ3n) is 7.98. The maximum absolute atomic E-state index is 11.9. The Morgan fingerprint density at radius 1 is 1.22 bits per heavy atom. The molecule has 0 saturated carbocycles. The van der Waals surface area contributed by atoms with Crippen LogP contribution in [0.15, 0.2) is 36.9 Å². The second-order valence-corrected chi connectivity index (χ2v) is 16.4. The van der Waals surface area contributed by atoms with Gasteiger partial charge in [-0.05, 0) is 42.1 Å². The van der Waals surface area contributed by atoms with Crippen molar-refractivity contribution < 1.29 is 18.7 Å². The average Bonchev–Trinajstić information content (AvgIpc) is 3.54. The molecule has 5 rings (SSSR count). The fourth-order valence-electron chi connectivity index (χ4n) is 4.92. The third-order valence-corrected chi connectivity index (χ3v) is 12.5. The van der Waals surface area contributed by atoms with Crippen molar-refractivity contribution in [3.05, 3.63) is 48.0 Å². The van der Waals surface area contributed by atoms with E-state index in [1.807, 2.05) is 4.57 Å². The molecule has 37 heavy (non-hydrogen) atoms. The van der Waals surface area contributed by atoms with E-state index in [4.69, 9.17) is 13.9 Å². The highest BCUT2D eigenvalue weighted by atomic mass is 28.4. The average molecular weight is 524 g/mol. The smallest absolute Gasteiger partial charge is 0.303 e. The van der Waals surface area contributed by atoms with Crippen molar-refractivity contribution in [1.29, 1.82) is 0 Å². The molecule has 9 nitrogen and oxygen atoms in total. The molecule has 0 spiro atoms. The highest BCUT2D eigenvalue weighted by Gasteiger charge is 2.43. The number of ether oxygens (including phenoxy) is 2. The molecule has 1 fully saturated rings. The van der Waals surface area contributed by atoms with Gasteiger partial charge in [-0.25, -0.2) is 15.0 Å². The lowest BCUT2D eigenvalue weighted by Gasteiger charge is -2.36.